The summed E-state index contributed by atoms with van der Waals surface area (Å²) in [7, 11) is 0. The average Bonchev–Trinajstić information content (AvgIpc) is 2.33. The van der Waals surface area contributed by atoms with Gasteiger partial charge in [-0.1, -0.05) is 13.8 Å². The second-order valence-corrected chi connectivity index (χ2v) is 6.54. The highest BCUT2D eigenvalue weighted by Crippen LogP contribution is 2.36. The molecule has 2 heteroatoms. The lowest BCUT2D eigenvalue weighted by Crippen LogP contribution is -2.55. The fraction of sp³-hybridized carbons (Fsp3) is 0.933. The predicted molar refractivity (Wildman–Crippen MR) is 70.9 cm³/mol. The van der Waals surface area contributed by atoms with Crippen molar-refractivity contribution in [3.8, 4) is 0 Å². The van der Waals surface area contributed by atoms with Crippen molar-refractivity contribution in [3.05, 3.63) is 0 Å². The van der Waals surface area contributed by atoms with E-state index in [4.69, 9.17) is 0 Å². The summed E-state index contributed by atoms with van der Waals surface area (Å²) in [6, 6.07) is 0. The summed E-state index contributed by atoms with van der Waals surface area (Å²) < 4.78 is 0. The summed E-state index contributed by atoms with van der Waals surface area (Å²) >= 11 is 0. The number of rotatable bonds is 2. The number of hydrogen-bond donors (Lipinski definition) is 1. The molecule has 0 aromatic carbocycles. The summed E-state index contributed by atoms with van der Waals surface area (Å²) in [6.07, 6.45) is 6.91. The van der Waals surface area contributed by atoms with Gasteiger partial charge in [0.2, 0.25) is 0 Å². The van der Waals surface area contributed by atoms with E-state index in [0.717, 1.165) is 31.7 Å². The van der Waals surface area contributed by atoms with E-state index in [-0.39, 0.29) is 5.54 Å². The van der Waals surface area contributed by atoms with Gasteiger partial charge in [-0.05, 0) is 63.8 Å². The van der Waals surface area contributed by atoms with E-state index >= 15 is 0 Å². The Labute approximate surface area is 106 Å². The van der Waals surface area contributed by atoms with Gasteiger partial charge in [0.15, 0.2) is 5.78 Å². The van der Waals surface area contributed by atoms with Crippen molar-refractivity contribution in [2.45, 2.75) is 64.8 Å². The summed E-state index contributed by atoms with van der Waals surface area (Å²) in [5.74, 6) is 2.32. The largest absolute Gasteiger partial charge is 0.305 e. The number of Topliss-reactive ketones (excluding diaryl/α,β-unsaturated/α-hetero) is 1. The lowest BCUT2D eigenvalue weighted by molar-refractivity contribution is -0.131. The zero-order valence-electron chi connectivity index (χ0n) is 11.6. The fourth-order valence-corrected chi connectivity index (χ4v) is 3.50. The maximum Gasteiger partial charge on any atom is 0.155 e. The molecule has 98 valence electrons. The van der Waals surface area contributed by atoms with E-state index in [9.17, 15) is 4.79 Å². The Bertz CT molecular complexity index is 281. The topological polar surface area (TPSA) is 29.1 Å². The van der Waals surface area contributed by atoms with Crippen molar-refractivity contribution in [2.24, 2.45) is 17.8 Å². The molecule has 1 N–H and O–H groups in total. The summed E-state index contributed by atoms with van der Waals surface area (Å²) in [5, 5.41) is 3.47. The van der Waals surface area contributed by atoms with E-state index in [1.807, 2.05) is 0 Å². The third-order valence-corrected chi connectivity index (χ3v) is 5.13. The van der Waals surface area contributed by atoms with Crippen molar-refractivity contribution in [2.75, 3.05) is 6.54 Å². The average molecular weight is 237 g/mol. The van der Waals surface area contributed by atoms with Gasteiger partial charge >= 0.3 is 0 Å². The van der Waals surface area contributed by atoms with Gasteiger partial charge in [-0.3, -0.25) is 4.79 Å². The highest BCUT2D eigenvalue weighted by atomic mass is 16.1. The minimum absolute atomic E-state index is 0.219. The van der Waals surface area contributed by atoms with Gasteiger partial charge in [-0.15, -0.1) is 0 Å². The molecular formula is C15H27NO. The van der Waals surface area contributed by atoms with Crippen LogP contribution in [0.3, 0.4) is 0 Å². The number of carbonyl (C=O) groups excluding carboxylic acids is 1. The summed E-state index contributed by atoms with van der Waals surface area (Å²) in [4.78, 5) is 12.7. The smallest absolute Gasteiger partial charge is 0.155 e. The number of ketones is 1. The third-order valence-electron chi connectivity index (χ3n) is 5.13. The van der Waals surface area contributed by atoms with Crippen LogP contribution in [0, 0.1) is 17.8 Å². The molecule has 0 amide bonds. The predicted octanol–water partition coefficient (Wildman–Crippen LogP) is 3.16. The Morgan fingerprint density at radius 3 is 2.53 bits per heavy atom. The first-order valence-corrected chi connectivity index (χ1v) is 7.32. The van der Waals surface area contributed by atoms with E-state index in [1.54, 1.807) is 0 Å². The van der Waals surface area contributed by atoms with E-state index in [0.29, 0.717) is 17.6 Å². The molecule has 2 nitrogen and oxygen atoms in total. The summed E-state index contributed by atoms with van der Waals surface area (Å²) in [5.41, 5.74) is -0.219. The Kier molecular flexibility index (Phi) is 3.92. The Hall–Kier alpha value is -0.370. The molecule has 0 radical (unpaired) electrons. The van der Waals surface area contributed by atoms with Gasteiger partial charge in [0.1, 0.15) is 0 Å². The highest BCUT2D eigenvalue weighted by Gasteiger charge is 2.40. The van der Waals surface area contributed by atoms with Crippen LogP contribution in [0.1, 0.15) is 59.3 Å². The zero-order valence-corrected chi connectivity index (χ0v) is 11.6. The van der Waals surface area contributed by atoms with Crippen molar-refractivity contribution >= 4 is 5.78 Å². The molecule has 2 rings (SSSR count). The molecule has 1 saturated carbocycles. The molecule has 17 heavy (non-hydrogen) atoms. The first kappa shape index (κ1) is 13.1. The molecule has 1 heterocycles. The number of carbonyl (C=O) groups is 1. The maximum atomic E-state index is 12.7. The molecule has 0 spiro atoms. The van der Waals surface area contributed by atoms with Crippen LogP contribution in [0.5, 0.6) is 0 Å². The summed E-state index contributed by atoms with van der Waals surface area (Å²) in [6.45, 7) is 7.77. The Morgan fingerprint density at radius 2 is 1.94 bits per heavy atom. The lowest BCUT2D eigenvalue weighted by atomic mass is 9.70. The van der Waals surface area contributed by atoms with E-state index in [2.05, 4.69) is 26.1 Å². The van der Waals surface area contributed by atoms with Gasteiger partial charge in [0, 0.05) is 5.92 Å². The number of piperidine rings is 1. The standard InChI is InChI=1S/C15H27NO/c1-11-6-7-13(10-12(11)2)14(17)15(3)8-4-5-9-16-15/h11-13,16H,4-10H2,1-3H3. The van der Waals surface area contributed by atoms with Crippen molar-refractivity contribution in [1.29, 1.82) is 0 Å². The minimum Gasteiger partial charge on any atom is -0.305 e. The third kappa shape index (κ3) is 2.73. The van der Waals surface area contributed by atoms with Gasteiger partial charge in [-0.2, -0.15) is 0 Å². The van der Waals surface area contributed by atoms with Crippen LogP contribution in [-0.2, 0) is 4.79 Å². The first-order valence-electron chi connectivity index (χ1n) is 7.32. The second kappa shape index (κ2) is 5.09. The Morgan fingerprint density at radius 1 is 1.18 bits per heavy atom. The molecule has 2 fully saturated rings. The van der Waals surface area contributed by atoms with Crippen LogP contribution >= 0.6 is 0 Å². The van der Waals surface area contributed by atoms with Gasteiger partial charge in [0.25, 0.3) is 0 Å². The van der Waals surface area contributed by atoms with Crippen LogP contribution in [0.25, 0.3) is 0 Å². The van der Waals surface area contributed by atoms with Crippen LogP contribution < -0.4 is 5.32 Å². The van der Waals surface area contributed by atoms with Crippen molar-refractivity contribution in [1.82, 2.24) is 5.32 Å². The van der Waals surface area contributed by atoms with Crippen molar-refractivity contribution in [3.63, 3.8) is 0 Å². The lowest BCUT2D eigenvalue weighted by Gasteiger charge is -2.39. The first-order chi connectivity index (χ1) is 8.03. The molecule has 0 aromatic heterocycles. The van der Waals surface area contributed by atoms with E-state index in [1.165, 1.54) is 19.3 Å². The van der Waals surface area contributed by atoms with Crippen molar-refractivity contribution < 1.29 is 4.79 Å². The molecule has 1 aliphatic heterocycles. The maximum absolute atomic E-state index is 12.7. The quantitative estimate of drug-likeness (QED) is 0.799. The second-order valence-electron chi connectivity index (χ2n) is 6.54. The van der Waals surface area contributed by atoms with Gasteiger partial charge < -0.3 is 5.32 Å². The minimum atomic E-state index is -0.219. The van der Waals surface area contributed by atoms with Crippen LogP contribution in [0.4, 0.5) is 0 Å². The molecule has 4 atom stereocenters. The molecular weight excluding hydrogens is 210 g/mol. The highest BCUT2D eigenvalue weighted by molar-refractivity contribution is 5.90. The van der Waals surface area contributed by atoms with Gasteiger partial charge in [0.05, 0.1) is 5.54 Å². The molecule has 1 aliphatic carbocycles. The molecule has 2 aliphatic rings. The molecule has 0 aromatic rings. The van der Waals surface area contributed by atoms with Crippen LogP contribution in [0.2, 0.25) is 0 Å². The van der Waals surface area contributed by atoms with Gasteiger partial charge in [-0.25, -0.2) is 0 Å². The molecule has 4 unspecified atom stereocenters. The van der Waals surface area contributed by atoms with Crippen LogP contribution in [-0.4, -0.2) is 17.9 Å². The molecule has 0 bridgehead atoms. The van der Waals surface area contributed by atoms with Crippen LogP contribution in [0.15, 0.2) is 0 Å². The van der Waals surface area contributed by atoms with E-state index < -0.39 is 0 Å². The normalized spacial score (nSPS) is 43.4. The Balaban J connectivity index is 1.99. The molecule has 1 saturated heterocycles. The number of nitrogens with one attached hydrogen (secondary N) is 1. The monoisotopic (exact) mass is 237 g/mol. The number of hydrogen-bond acceptors (Lipinski definition) is 2. The fourth-order valence-electron chi connectivity index (χ4n) is 3.50. The zero-order chi connectivity index (χ0) is 12.5. The SMILES string of the molecule is CC1CCC(C(=O)C2(C)CCCCN2)CC1C.